The van der Waals surface area contributed by atoms with E-state index in [2.05, 4.69) is 10.6 Å². The van der Waals surface area contributed by atoms with Crippen LogP contribution < -0.4 is 20.1 Å². The van der Waals surface area contributed by atoms with Gasteiger partial charge in [-0.15, -0.1) is 11.8 Å². The summed E-state index contributed by atoms with van der Waals surface area (Å²) < 4.78 is 10.5. The summed E-state index contributed by atoms with van der Waals surface area (Å²) in [6, 6.07) is 11.1. The molecule has 6 nitrogen and oxygen atoms in total. The molecule has 1 aliphatic heterocycles. The number of anilines is 2. The number of para-hydroxylation sites is 1. The molecule has 0 radical (unpaired) electrons. The van der Waals surface area contributed by atoms with Crippen LogP contribution in [0.5, 0.6) is 11.5 Å². The number of thioether (sulfide) groups is 1. The summed E-state index contributed by atoms with van der Waals surface area (Å²) in [4.78, 5) is 25.7. The molecule has 2 N–H and O–H groups in total. The molecule has 136 valence electrons. The van der Waals surface area contributed by atoms with Gasteiger partial charge in [-0.1, -0.05) is 12.1 Å². The minimum Gasteiger partial charge on any atom is -0.493 e. The molecule has 2 amide bonds. The summed E-state index contributed by atoms with van der Waals surface area (Å²) in [5, 5.41) is 5.24. The number of hydrogen-bond acceptors (Lipinski definition) is 5. The highest BCUT2D eigenvalue weighted by Crippen LogP contribution is 2.37. The van der Waals surface area contributed by atoms with E-state index < -0.39 is 5.25 Å². The van der Waals surface area contributed by atoms with Gasteiger partial charge in [-0.05, 0) is 30.7 Å². The summed E-state index contributed by atoms with van der Waals surface area (Å²) in [7, 11) is 3.10. The largest absolute Gasteiger partial charge is 0.493 e. The first-order valence-corrected chi connectivity index (χ1v) is 8.99. The minimum atomic E-state index is -0.467. The Morgan fingerprint density at radius 2 is 1.88 bits per heavy atom. The van der Waals surface area contributed by atoms with Crippen molar-refractivity contribution in [3.05, 3.63) is 42.0 Å². The monoisotopic (exact) mass is 372 g/mol. The number of ether oxygens (including phenoxy) is 2. The Balaban J connectivity index is 1.71. The Kier molecular flexibility index (Phi) is 5.37. The van der Waals surface area contributed by atoms with Gasteiger partial charge in [0.2, 0.25) is 11.8 Å². The van der Waals surface area contributed by atoms with Crippen molar-refractivity contribution in [2.45, 2.75) is 23.5 Å². The fourth-order valence-corrected chi connectivity index (χ4v) is 3.82. The predicted octanol–water partition coefficient (Wildman–Crippen LogP) is 3.45. The van der Waals surface area contributed by atoms with Crippen LogP contribution in [0.4, 0.5) is 11.4 Å². The second-order valence-electron chi connectivity index (χ2n) is 5.87. The zero-order valence-corrected chi connectivity index (χ0v) is 15.6. The summed E-state index contributed by atoms with van der Waals surface area (Å²) >= 11 is 1.40. The van der Waals surface area contributed by atoms with Gasteiger partial charge in [0.05, 0.1) is 25.2 Å². The minimum absolute atomic E-state index is 0.0820. The van der Waals surface area contributed by atoms with Crippen molar-refractivity contribution in [3.8, 4) is 11.5 Å². The van der Waals surface area contributed by atoms with Crippen LogP contribution in [0.2, 0.25) is 0 Å². The fraction of sp³-hybridized carbons (Fsp3) is 0.263. The van der Waals surface area contributed by atoms with Crippen LogP contribution in [-0.2, 0) is 9.59 Å². The van der Waals surface area contributed by atoms with Crippen LogP contribution >= 0.6 is 11.8 Å². The van der Waals surface area contributed by atoms with E-state index >= 15 is 0 Å². The van der Waals surface area contributed by atoms with Gasteiger partial charge < -0.3 is 20.1 Å². The predicted molar refractivity (Wildman–Crippen MR) is 102 cm³/mol. The molecule has 26 heavy (non-hydrogen) atoms. The number of carbonyl (C=O) groups is 2. The molecule has 0 aromatic heterocycles. The second-order valence-corrected chi connectivity index (χ2v) is 7.11. The molecule has 0 fully saturated rings. The van der Waals surface area contributed by atoms with Gasteiger partial charge in [0.15, 0.2) is 11.5 Å². The number of fused-ring (bicyclic) bond motifs is 1. The van der Waals surface area contributed by atoms with Crippen LogP contribution in [0.25, 0.3) is 0 Å². The SMILES string of the molecule is COc1cc(C)c(NC(=O)CC2Sc3ccccc3NC2=O)cc1OC. The first-order valence-electron chi connectivity index (χ1n) is 8.11. The highest BCUT2D eigenvalue weighted by molar-refractivity contribution is 8.01. The van der Waals surface area contributed by atoms with Crippen LogP contribution in [0.3, 0.4) is 0 Å². The molecule has 7 heteroatoms. The van der Waals surface area contributed by atoms with Gasteiger partial charge in [-0.25, -0.2) is 0 Å². The van der Waals surface area contributed by atoms with E-state index in [0.29, 0.717) is 17.2 Å². The van der Waals surface area contributed by atoms with E-state index in [9.17, 15) is 9.59 Å². The maximum atomic E-state index is 12.5. The molecule has 1 unspecified atom stereocenters. The van der Waals surface area contributed by atoms with Crippen molar-refractivity contribution in [2.75, 3.05) is 24.9 Å². The number of aryl methyl sites for hydroxylation is 1. The number of carbonyl (C=O) groups excluding carboxylic acids is 2. The van der Waals surface area contributed by atoms with E-state index in [0.717, 1.165) is 16.1 Å². The van der Waals surface area contributed by atoms with Gasteiger partial charge in [-0.2, -0.15) is 0 Å². The first-order chi connectivity index (χ1) is 12.5. The summed E-state index contributed by atoms with van der Waals surface area (Å²) in [6.45, 7) is 1.87. The number of nitrogens with one attached hydrogen (secondary N) is 2. The molecule has 3 rings (SSSR count). The zero-order valence-electron chi connectivity index (χ0n) is 14.8. The number of amides is 2. The number of methoxy groups -OCH3 is 2. The maximum Gasteiger partial charge on any atom is 0.238 e. The molecule has 0 spiro atoms. The Labute approximate surface area is 156 Å². The van der Waals surface area contributed by atoms with E-state index in [1.807, 2.05) is 31.2 Å². The molecule has 0 saturated heterocycles. The van der Waals surface area contributed by atoms with E-state index in [-0.39, 0.29) is 18.2 Å². The normalized spacial score (nSPS) is 15.7. The Morgan fingerprint density at radius 1 is 1.19 bits per heavy atom. The van der Waals surface area contributed by atoms with Gasteiger partial charge in [-0.3, -0.25) is 9.59 Å². The third-order valence-electron chi connectivity index (χ3n) is 4.08. The lowest BCUT2D eigenvalue weighted by Crippen LogP contribution is -2.32. The van der Waals surface area contributed by atoms with Crippen LogP contribution in [0.15, 0.2) is 41.3 Å². The topological polar surface area (TPSA) is 76.7 Å². The van der Waals surface area contributed by atoms with Crippen molar-refractivity contribution in [1.29, 1.82) is 0 Å². The molecular formula is C19H20N2O4S. The smallest absolute Gasteiger partial charge is 0.238 e. The summed E-state index contributed by atoms with van der Waals surface area (Å²) in [5.41, 5.74) is 2.27. The van der Waals surface area contributed by atoms with Crippen LogP contribution in [0, 0.1) is 6.92 Å². The Morgan fingerprint density at radius 3 is 2.62 bits per heavy atom. The van der Waals surface area contributed by atoms with Gasteiger partial charge in [0.25, 0.3) is 0 Å². The summed E-state index contributed by atoms with van der Waals surface area (Å²) in [5.74, 6) is 0.745. The third kappa shape index (κ3) is 3.77. The quantitative estimate of drug-likeness (QED) is 0.841. The van der Waals surface area contributed by atoms with Crippen molar-refractivity contribution < 1.29 is 19.1 Å². The molecule has 0 saturated carbocycles. The summed E-state index contributed by atoms with van der Waals surface area (Å²) in [6.07, 6.45) is 0.0820. The molecule has 0 aliphatic carbocycles. The van der Waals surface area contributed by atoms with Gasteiger partial charge in [0, 0.05) is 23.1 Å². The van der Waals surface area contributed by atoms with E-state index in [4.69, 9.17) is 9.47 Å². The standard InChI is InChI=1S/C19H20N2O4S/c1-11-8-14(24-2)15(25-3)9-13(11)20-18(22)10-17-19(23)21-12-6-4-5-7-16(12)26-17/h4-9,17H,10H2,1-3H3,(H,20,22)(H,21,23). The maximum absolute atomic E-state index is 12.5. The fourth-order valence-electron chi connectivity index (χ4n) is 2.71. The van der Waals surface area contributed by atoms with Crippen molar-refractivity contribution >= 4 is 35.0 Å². The molecule has 2 aromatic carbocycles. The van der Waals surface area contributed by atoms with Crippen LogP contribution in [-0.4, -0.2) is 31.3 Å². The van der Waals surface area contributed by atoms with Gasteiger partial charge >= 0.3 is 0 Å². The van der Waals surface area contributed by atoms with E-state index in [1.54, 1.807) is 26.4 Å². The molecule has 1 aliphatic rings. The van der Waals surface area contributed by atoms with Crippen molar-refractivity contribution in [1.82, 2.24) is 0 Å². The highest BCUT2D eigenvalue weighted by atomic mass is 32.2. The second kappa shape index (κ2) is 7.70. The molecular weight excluding hydrogens is 352 g/mol. The Bertz CT molecular complexity index is 853. The average molecular weight is 372 g/mol. The van der Waals surface area contributed by atoms with Crippen LogP contribution in [0.1, 0.15) is 12.0 Å². The average Bonchev–Trinajstić information content (AvgIpc) is 2.63. The first kappa shape index (κ1) is 18.1. The number of benzene rings is 2. The molecule has 0 bridgehead atoms. The number of hydrogen-bond donors (Lipinski definition) is 2. The number of rotatable bonds is 5. The van der Waals surface area contributed by atoms with Crippen molar-refractivity contribution in [2.24, 2.45) is 0 Å². The molecule has 1 atom stereocenters. The molecule has 1 heterocycles. The Hall–Kier alpha value is -2.67. The zero-order chi connectivity index (χ0) is 18.7. The van der Waals surface area contributed by atoms with E-state index in [1.165, 1.54) is 11.8 Å². The van der Waals surface area contributed by atoms with Gasteiger partial charge in [0.1, 0.15) is 0 Å². The van der Waals surface area contributed by atoms with Crippen molar-refractivity contribution in [3.63, 3.8) is 0 Å². The third-order valence-corrected chi connectivity index (χ3v) is 5.36. The highest BCUT2D eigenvalue weighted by Gasteiger charge is 2.29. The molecule has 2 aromatic rings. The lowest BCUT2D eigenvalue weighted by atomic mass is 10.1. The lowest BCUT2D eigenvalue weighted by Gasteiger charge is -2.23. The lowest BCUT2D eigenvalue weighted by molar-refractivity contribution is -0.120.